The van der Waals surface area contributed by atoms with Crippen molar-refractivity contribution in [2.24, 2.45) is 0 Å². The van der Waals surface area contributed by atoms with Crippen LogP contribution in [0.3, 0.4) is 0 Å². The Morgan fingerprint density at radius 1 is 1.39 bits per heavy atom. The molecule has 0 saturated carbocycles. The van der Waals surface area contributed by atoms with Crippen LogP contribution in [-0.2, 0) is 10.2 Å². The standard InChI is InChI=1S/C14H20FNO2/c1-16-10-14(5-7-18-8-6-14)12-9-11(15)3-4-13(12)17-2/h3-4,9,16H,5-8,10H2,1-2H3. The number of halogens is 1. The van der Waals surface area contributed by atoms with Gasteiger partial charge in [-0.05, 0) is 38.1 Å². The van der Waals surface area contributed by atoms with E-state index in [1.165, 1.54) is 6.07 Å². The summed E-state index contributed by atoms with van der Waals surface area (Å²) >= 11 is 0. The second-order valence-corrected chi connectivity index (χ2v) is 4.77. The summed E-state index contributed by atoms with van der Waals surface area (Å²) in [7, 11) is 3.55. The molecule has 100 valence electrons. The van der Waals surface area contributed by atoms with E-state index in [2.05, 4.69) is 5.32 Å². The summed E-state index contributed by atoms with van der Waals surface area (Å²) in [4.78, 5) is 0. The van der Waals surface area contributed by atoms with Crippen molar-refractivity contribution in [1.82, 2.24) is 5.32 Å². The average molecular weight is 253 g/mol. The summed E-state index contributed by atoms with van der Waals surface area (Å²) < 4.78 is 24.4. The second-order valence-electron chi connectivity index (χ2n) is 4.77. The summed E-state index contributed by atoms with van der Waals surface area (Å²) in [6.07, 6.45) is 1.77. The topological polar surface area (TPSA) is 30.5 Å². The molecule has 3 nitrogen and oxygen atoms in total. The molecule has 0 amide bonds. The highest BCUT2D eigenvalue weighted by atomic mass is 19.1. The average Bonchev–Trinajstić information content (AvgIpc) is 2.40. The highest BCUT2D eigenvalue weighted by Gasteiger charge is 2.36. The van der Waals surface area contributed by atoms with Crippen molar-refractivity contribution in [1.29, 1.82) is 0 Å². The lowest BCUT2D eigenvalue weighted by molar-refractivity contribution is 0.0496. The Morgan fingerprint density at radius 3 is 2.72 bits per heavy atom. The van der Waals surface area contributed by atoms with Crippen LogP contribution in [0.15, 0.2) is 18.2 Å². The number of nitrogens with one attached hydrogen (secondary N) is 1. The quantitative estimate of drug-likeness (QED) is 0.891. The molecule has 0 radical (unpaired) electrons. The summed E-state index contributed by atoms with van der Waals surface area (Å²) in [6.45, 7) is 2.22. The predicted octanol–water partition coefficient (Wildman–Crippen LogP) is 2.10. The maximum absolute atomic E-state index is 13.5. The molecule has 18 heavy (non-hydrogen) atoms. The molecule has 1 aliphatic heterocycles. The van der Waals surface area contributed by atoms with E-state index < -0.39 is 0 Å². The molecule has 1 heterocycles. The third-order valence-electron chi connectivity index (χ3n) is 3.70. The van der Waals surface area contributed by atoms with Crippen LogP contribution in [0.1, 0.15) is 18.4 Å². The summed E-state index contributed by atoms with van der Waals surface area (Å²) in [6, 6.07) is 4.74. The lowest BCUT2D eigenvalue weighted by Crippen LogP contribution is -2.42. The monoisotopic (exact) mass is 253 g/mol. The first-order valence-electron chi connectivity index (χ1n) is 6.28. The van der Waals surface area contributed by atoms with E-state index in [1.807, 2.05) is 7.05 Å². The first-order valence-corrected chi connectivity index (χ1v) is 6.28. The van der Waals surface area contributed by atoms with Gasteiger partial charge in [0.25, 0.3) is 0 Å². The maximum atomic E-state index is 13.5. The molecule has 0 unspecified atom stereocenters. The summed E-state index contributed by atoms with van der Waals surface area (Å²) in [5, 5.41) is 3.21. The van der Waals surface area contributed by atoms with Gasteiger partial charge in [-0.1, -0.05) is 0 Å². The van der Waals surface area contributed by atoms with Gasteiger partial charge in [-0.3, -0.25) is 0 Å². The lowest BCUT2D eigenvalue weighted by atomic mass is 9.73. The van der Waals surface area contributed by atoms with Crippen molar-refractivity contribution in [3.63, 3.8) is 0 Å². The van der Waals surface area contributed by atoms with Crippen LogP contribution in [0.5, 0.6) is 5.75 Å². The van der Waals surface area contributed by atoms with Gasteiger partial charge in [-0.2, -0.15) is 0 Å². The van der Waals surface area contributed by atoms with E-state index >= 15 is 0 Å². The number of rotatable bonds is 4. The molecule has 0 atom stereocenters. The third kappa shape index (κ3) is 2.49. The van der Waals surface area contributed by atoms with Crippen LogP contribution in [-0.4, -0.2) is 33.9 Å². The van der Waals surface area contributed by atoms with E-state index in [0.29, 0.717) is 13.2 Å². The SMILES string of the molecule is CNCC1(c2cc(F)ccc2OC)CCOCC1. The molecule has 1 aliphatic rings. The van der Waals surface area contributed by atoms with Gasteiger partial charge >= 0.3 is 0 Å². The van der Waals surface area contributed by atoms with E-state index in [4.69, 9.17) is 9.47 Å². The fraction of sp³-hybridized carbons (Fsp3) is 0.571. The minimum Gasteiger partial charge on any atom is -0.496 e. The Kier molecular flexibility index (Phi) is 4.19. The summed E-state index contributed by atoms with van der Waals surface area (Å²) in [5.41, 5.74) is 0.850. The molecule has 1 aromatic carbocycles. The Labute approximate surface area is 107 Å². The van der Waals surface area contributed by atoms with Crippen molar-refractivity contribution in [2.45, 2.75) is 18.3 Å². The number of methoxy groups -OCH3 is 1. The van der Waals surface area contributed by atoms with Crippen molar-refractivity contribution >= 4 is 0 Å². The minimum absolute atomic E-state index is 0.0968. The van der Waals surface area contributed by atoms with E-state index in [9.17, 15) is 4.39 Å². The molecule has 1 fully saturated rings. The van der Waals surface area contributed by atoms with Crippen LogP contribution in [0, 0.1) is 5.82 Å². The fourth-order valence-electron chi connectivity index (χ4n) is 2.74. The van der Waals surface area contributed by atoms with Crippen molar-refractivity contribution in [2.75, 3.05) is 33.9 Å². The third-order valence-corrected chi connectivity index (χ3v) is 3.70. The van der Waals surface area contributed by atoms with Crippen molar-refractivity contribution < 1.29 is 13.9 Å². The molecule has 1 N–H and O–H groups in total. The van der Waals surface area contributed by atoms with Gasteiger partial charge in [-0.15, -0.1) is 0 Å². The number of benzene rings is 1. The summed E-state index contributed by atoms with van der Waals surface area (Å²) in [5.74, 6) is 0.543. The second kappa shape index (κ2) is 5.67. The van der Waals surface area contributed by atoms with E-state index in [-0.39, 0.29) is 11.2 Å². The van der Waals surface area contributed by atoms with Crippen LogP contribution in [0.2, 0.25) is 0 Å². The van der Waals surface area contributed by atoms with Gasteiger partial charge in [0.15, 0.2) is 0 Å². The highest BCUT2D eigenvalue weighted by Crippen LogP contribution is 2.39. The Hall–Kier alpha value is -1.13. The Morgan fingerprint density at radius 2 is 2.11 bits per heavy atom. The van der Waals surface area contributed by atoms with Crippen molar-refractivity contribution in [3.8, 4) is 5.75 Å². The fourth-order valence-corrected chi connectivity index (χ4v) is 2.74. The van der Waals surface area contributed by atoms with Crippen LogP contribution in [0.25, 0.3) is 0 Å². The number of hydrogen-bond donors (Lipinski definition) is 1. The molecular formula is C14H20FNO2. The zero-order valence-corrected chi connectivity index (χ0v) is 11.0. The van der Waals surface area contributed by atoms with Gasteiger partial charge < -0.3 is 14.8 Å². The van der Waals surface area contributed by atoms with E-state index in [0.717, 1.165) is 30.7 Å². The normalized spacial score (nSPS) is 18.6. The molecule has 1 aromatic rings. The molecule has 0 aromatic heterocycles. The minimum atomic E-state index is -0.215. The van der Waals surface area contributed by atoms with E-state index in [1.54, 1.807) is 19.2 Å². The number of hydrogen-bond acceptors (Lipinski definition) is 3. The lowest BCUT2D eigenvalue weighted by Gasteiger charge is -2.38. The smallest absolute Gasteiger partial charge is 0.123 e. The first kappa shape index (κ1) is 13.3. The highest BCUT2D eigenvalue weighted by molar-refractivity contribution is 5.41. The molecule has 4 heteroatoms. The zero-order chi connectivity index (χ0) is 13.0. The van der Waals surface area contributed by atoms with Gasteiger partial charge in [0, 0.05) is 30.7 Å². The van der Waals surface area contributed by atoms with Gasteiger partial charge in [0.05, 0.1) is 7.11 Å². The van der Waals surface area contributed by atoms with Crippen LogP contribution in [0.4, 0.5) is 4.39 Å². The van der Waals surface area contributed by atoms with Crippen molar-refractivity contribution in [3.05, 3.63) is 29.6 Å². The Balaban J connectivity index is 2.43. The first-order chi connectivity index (χ1) is 8.72. The molecule has 0 spiro atoms. The van der Waals surface area contributed by atoms with Gasteiger partial charge in [0.1, 0.15) is 11.6 Å². The predicted molar refractivity (Wildman–Crippen MR) is 68.6 cm³/mol. The Bertz CT molecular complexity index is 397. The molecule has 2 rings (SSSR count). The molecule has 1 saturated heterocycles. The maximum Gasteiger partial charge on any atom is 0.123 e. The van der Waals surface area contributed by atoms with Gasteiger partial charge in [-0.25, -0.2) is 4.39 Å². The van der Waals surface area contributed by atoms with Gasteiger partial charge in [0.2, 0.25) is 0 Å². The number of ether oxygens (including phenoxy) is 2. The molecular weight excluding hydrogens is 233 g/mol. The van der Waals surface area contributed by atoms with Crippen LogP contribution >= 0.6 is 0 Å². The number of likely N-dealkylation sites (N-methyl/N-ethyl adjacent to an activating group) is 1. The zero-order valence-electron chi connectivity index (χ0n) is 11.0. The molecule has 0 aliphatic carbocycles. The van der Waals surface area contributed by atoms with Crippen LogP contribution < -0.4 is 10.1 Å². The molecule has 0 bridgehead atoms. The largest absolute Gasteiger partial charge is 0.496 e.